The first-order valence-corrected chi connectivity index (χ1v) is 6.13. The summed E-state index contributed by atoms with van der Waals surface area (Å²) in [5, 5.41) is 4.39. The first-order valence-electron chi connectivity index (χ1n) is 6.13. The van der Waals surface area contributed by atoms with E-state index in [4.69, 9.17) is 5.73 Å². The van der Waals surface area contributed by atoms with Crippen molar-refractivity contribution < 1.29 is 0 Å². The second-order valence-electron chi connectivity index (χ2n) is 4.21. The van der Waals surface area contributed by atoms with E-state index in [9.17, 15) is 0 Å². The predicted molar refractivity (Wildman–Crippen MR) is 74.7 cm³/mol. The molecule has 0 aliphatic heterocycles. The zero-order chi connectivity index (χ0) is 13.1. The number of pyridine rings is 1. The standard InChI is InChI=1S/C15H14N4/c16-9-15-14(7-4-8-17-15)12-10-18-19(11-12)13-5-2-1-3-6-13/h1-8,10-11H,9,16H2. The van der Waals surface area contributed by atoms with Gasteiger partial charge in [-0.2, -0.15) is 5.10 Å². The van der Waals surface area contributed by atoms with Crippen LogP contribution in [0.1, 0.15) is 5.69 Å². The normalized spacial score (nSPS) is 10.6. The fraction of sp³-hybridized carbons (Fsp3) is 0.0667. The Morgan fingerprint density at radius 1 is 1.05 bits per heavy atom. The Bertz CT molecular complexity index is 673. The van der Waals surface area contributed by atoms with Gasteiger partial charge < -0.3 is 5.73 Å². The smallest absolute Gasteiger partial charge is 0.0645 e. The highest BCUT2D eigenvalue weighted by molar-refractivity contribution is 5.64. The molecule has 0 atom stereocenters. The molecule has 0 aliphatic carbocycles. The fourth-order valence-electron chi connectivity index (χ4n) is 2.05. The number of nitrogens with zero attached hydrogens (tertiary/aromatic N) is 3. The molecule has 3 aromatic rings. The van der Waals surface area contributed by atoms with E-state index in [2.05, 4.69) is 10.1 Å². The molecule has 94 valence electrons. The molecule has 0 saturated heterocycles. The summed E-state index contributed by atoms with van der Waals surface area (Å²) in [6, 6.07) is 13.9. The molecule has 0 radical (unpaired) electrons. The molecule has 0 fully saturated rings. The van der Waals surface area contributed by atoms with Crippen LogP contribution in [0.3, 0.4) is 0 Å². The van der Waals surface area contributed by atoms with E-state index in [1.54, 1.807) is 6.20 Å². The Morgan fingerprint density at radius 3 is 2.68 bits per heavy atom. The van der Waals surface area contributed by atoms with Crippen LogP contribution in [0.25, 0.3) is 16.8 Å². The maximum Gasteiger partial charge on any atom is 0.0645 e. The van der Waals surface area contributed by atoms with Gasteiger partial charge in [0.05, 0.1) is 17.6 Å². The van der Waals surface area contributed by atoms with Gasteiger partial charge in [0.25, 0.3) is 0 Å². The lowest BCUT2D eigenvalue weighted by atomic mass is 10.1. The van der Waals surface area contributed by atoms with Gasteiger partial charge in [0.2, 0.25) is 0 Å². The van der Waals surface area contributed by atoms with Crippen molar-refractivity contribution in [1.82, 2.24) is 14.8 Å². The van der Waals surface area contributed by atoms with Gasteiger partial charge in [-0.1, -0.05) is 24.3 Å². The average molecular weight is 250 g/mol. The van der Waals surface area contributed by atoms with Gasteiger partial charge in [-0.15, -0.1) is 0 Å². The van der Waals surface area contributed by atoms with Gasteiger partial charge in [-0.3, -0.25) is 4.98 Å². The van der Waals surface area contributed by atoms with Crippen molar-refractivity contribution in [3.8, 4) is 16.8 Å². The van der Waals surface area contributed by atoms with Crippen LogP contribution in [-0.4, -0.2) is 14.8 Å². The molecule has 0 unspecified atom stereocenters. The number of rotatable bonds is 3. The van der Waals surface area contributed by atoms with Gasteiger partial charge >= 0.3 is 0 Å². The Morgan fingerprint density at radius 2 is 1.89 bits per heavy atom. The van der Waals surface area contributed by atoms with Crippen LogP contribution >= 0.6 is 0 Å². The van der Waals surface area contributed by atoms with Crippen molar-refractivity contribution in [3.05, 3.63) is 66.7 Å². The lowest BCUT2D eigenvalue weighted by Crippen LogP contribution is -2.01. The van der Waals surface area contributed by atoms with Crippen LogP contribution in [0.2, 0.25) is 0 Å². The highest BCUT2D eigenvalue weighted by Crippen LogP contribution is 2.22. The van der Waals surface area contributed by atoms with E-state index >= 15 is 0 Å². The average Bonchev–Trinajstić information content (AvgIpc) is 2.98. The maximum absolute atomic E-state index is 5.72. The molecule has 4 heteroatoms. The number of para-hydroxylation sites is 1. The Hall–Kier alpha value is -2.46. The fourth-order valence-corrected chi connectivity index (χ4v) is 2.05. The summed E-state index contributed by atoms with van der Waals surface area (Å²) in [7, 11) is 0. The Kier molecular flexibility index (Phi) is 3.08. The lowest BCUT2D eigenvalue weighted by Gasteiger charge is -2.03. The summed E-state index contributed by atoms with van der Waals surface area (Å²) in [6.07, 6.45) is 5.59. The van der Waals surface area contributed by atoms with Gasteiger partial charge in [-0.25, -0.2) is 4.68 Å². The first kappa shape index (κ1) is 11.6. The van der Waals surface area contributed by atoms with Crippen molar-refractivity contribution in [1.29, 1.82) is 0 Å². The topological polar surface area (TPSA) is 56.7 Å². The third kappa shape index (κ3) is 2.26. The van der Waals surface area contributed by atoms with Crippen LogP contribution in [0, 0.1) is 0 Å². The van der Waals surface area contributed by atoms with Crippen molar-refractivity contribution in [2.75, 3.05) is 0 Å². The van der Waals surface area contributed by atoms with Gasteiger partial charge in [0.1, 0.15) is 0 Å². The second kappa shape index (κ2) is 5.04. The molecule has 0 bridgehead atoms. The number of benzene rings is 1. The molecule has 3 rings (SSSR count). The number of hydrogen-bond acceptors (Lipinski definition) is 3. The lowest BCUT2D eigenvalue weighted by molar-refractivity contribution is 0.880. The zero-order valence-corrected chi connectivity index (χ0v) is 10.4. The maximum atomic E-state index is 5.72. The second-order valence-corrected chi connectivity index (χ2v) is 4.21. The van der Waals surface area contributed by atoms with Crippen LogP contribution in [0.5, 0.6) is 0 Å². The van der Waals surface area contributed by atoms with E-state index in [-0.39, 0.29) is 0 Å². The molecule has 1 aromatic carbocycles. The summed E-state index contributed by atoms with van der Waals surface area (Å²) < 4.78 is 1.85. The monoisotopic (exact) mass is 250 g/mol. The minimum absolute atomic E-state index is 0.423. The molecular formula is C15H14N4. The predicted octanol–water partition coefficient (Wildman–Crippen LogP) is 2.39. The number of aromatic nitrogens is 3. The van der Waals surface area contributed by atoms with Crippen LogP contribution in [0.4, 0.5) is 0 Å². The third-order valence-electron chi connectivity index (χ3n) is 3.00. The Labute approximate surface area is 111 Å². The van der Waals surface area contributed by atoms with Crippen molar-refractivity contribution >= 4 is 0 Å². The summed E-state index contributed by atoms with van der Waals surface area (Å²) in [4.78, 5) is 4.29. The van der Waals surface area contributed by atoms with Crippen LogP contribution < -0.4 is 5.73 Å². The molecule has 0 amide bonds. The summed E-state index contributed by atoms with van der Waals surface area (Å²) in [5.41, 5.74) is 9.69. The third-order valence-corrected chi connectivity index (χ3v) is 3.00. The van der Waals surface area contributed by atoms with Gasteiger partial charge in [0.15, 0.2) is 0 Å². The minimum Gasteiger partial charge on any atom is -0.325 e. The SMILES string of the molecule is NCc1ncccc1-c1cnn(-c2ccccc2)c1. The molecule has 2 aromatic heterocycles. The summed E-state index contributed by atoms with van der Waals surface area (Å²) in [6.45, 7) is 0.423. The first-order chi connectivity index (χ1) is 9.38. The zero-order valence-electron chi connectivity index (χ0n) is 10.4. The van der Waals surface area contributed by atoms with Crippen molar-refractivity contribution in [3.63, 3.8) is 0 Å². The van der Waals surface area contributed by atoms with Gasteiger partial charge in [-0.05, 0) is 18.2 Å². The highest BCUT2D eigenvalue weighted by Gasteiger charge is 2.07. The molecule has 0 spiro atoms. The quantitative estimate of drug-likeness (QED) is 0.776. The van der Waals surface area contributed by atoms with Crippen molar-refractivity contribution in [2.45, 2.75) is 6.54 Å². The van der Waals surface area contributed by atoms with Crippen molar-refractivity contribution in [2.24, 2.45) is 5.73 Å². The summed E-state index contributed by atoms with van der Waals surface area (Å²) >= 11 is 0. The molecule has 19 heavy (non-hydrogen) atoms. The van der Waals surface area contributed by atoms with E-state index in [1.165, 1.54) is 0 Å². The largest absolute Gasteiger partial charge is 0.325 e. The van der Waals surface area contributed by atoms with Crippen LogP contribution in [-0.2, 0) is 6.54 Å². The molecule has 0 aliphatic rings. The van der Waals surface area contributed by atoms with Gasteiger partial charge in [0, 0.05) is 30.1 Å². The number of nitrogens with two attached hydrogens (primary N) is 1. The summed E-state index contributed by atoms with van der Waals surface area (Å²) in [5.74, 6) is 0. The molecule has 2 heterocycles. The van der Waals surface area contributed by atoms with Crippen LogP contribution in [0.15, 0.2) is 61.1 Å². The molecule has 2 N–H and O–H groups in total. The Balaban J connectivity index is 2.02. The van der Waals surface area contributed by atoms with E-state index in [0.29, 0.717) is 6.54 Å². The van der Waals surface area contributed by atoms with E-state index in [1.807, 2.05) is 59.5 Å². The molecule has 0 saturated carbocycles. The van der Waals surface area contributed by atoms with E-state index in [0.717, 1.165) is 22.5 Å². The van der Waals surface area contributed by atoms with E-state index < -0.39 is 0 Å². The highest BCUT2D eigenvalue weighted by atomic mass is 15.3. The minimum atomic E-state index is 0.423. The molecular weight excluding hydrogens is 236 g/mol. The number of hydrogen-bond donors (Lipinski definition) is 1. The molecule has 4 nitrogen and oxygen atoms in total.